The molecule has 0 spiro atoms. The smallest absolute Gasteiger partial charge is 0.290 e. The van der Waals surface area contributed by atoms with Crippen molar-refractivity contribution in [3.8, 4) is 5.75 Å². The van der Waals surface area contributed by atoms with Crippen LogP contribution in [0.1, 0.15) is 70.5 Å². The molecule has 14 nitrogen and oxygen atoms in total. The standard InChI is InChI=1S/C40H56N6O8/c1-7-13-30(35(49)38(51)41-23-34(48)42-31(25-45(5)6)27-15-9-8-10-16-27)43-37(50)32-22-29-24-46(32)39(52)36(40(2,3)4)44-33(47)21-26-14-11-17-28(20-26)53-18-12-19-54-29/h8-11,14-17,20,29-32,36H,7,12-13,18-19,21-25H2,1-6H3,(H,41,51)(H,42,48)(H,43,50)(H,44,47)/t29-,30+,31-,32+,36-/m1/s1. The predicted molar refractivity (Wildman–Crippen MR) is 202 cm³/mol. The first-order valence-corrected chi connectivity index (χ1v) is 18.7. The largest absolute Gasteiger partial charge is 0.493 e. The molecule has 0 aromatic heterocycles. The maximum Gasteiger partial charge on any atom is 0.290 e. The number of ketones is 1. The molecule has 5 amide bonds. The van der Waals surface area contributed by atoms with E-state index in [4.69, 9.17) is 9.47 Å². The fourth-order valence-electron chi connectivity index (χ4n) is 6.63. The molecule has 1 fully saturated rings. The first kappa shape index (κ1) is 41.9. The van der Waals surface area contributed by atoms with E-state index in [1.807, 2.05) is 95.2 Å². The van der Waals surface area contributed by atoms with Crippen LogP contribution < -0.4 is 26.0 Å². The van der Waals surface area contributed by atoms with Gasteiger partial charge < -0.3 is 40.5 Å². The zero-order valence-corrected chi connectivity index (χ0v) is 32.3. The molecular weight excluding hydrogens is 692 g/mol. The summed E-state index contributed by atoms with van der Waals surface area (Å²) in [5.74, 6) is -3.17. The topological polar surface area (TPSA) is 175 Å². The van der Waals surface area contributed by atoms with E-state index >= 15 is 0 Å². The van der Waals surface area contributed by atoms with E-state index in [2.05, 4.69) is 21.3 Å². The van der Waals surface area contributed by atoms with Crippen LogP contribution in [0.2, 0.25) is 0 Å². The second kappa shape index (κ2) is 19.5. The maximum atomic E-state index is 14.3. The average Bonchev–Trinajstić information content (AvgIpc) is 3.55. The van der Waals surface area contributed by atoms with Crippen molar-refractivity contribution in [2.75, 3.05) is 46.9 Å². The van der Waals surface area contributed by atoms with Crippen molar-refractivity contribution in [2.45, 2.75) is 90.1 Å². The number of hydrogen-bond donors (Lipinski definition) is 4. The first-order valence-electron chi connectivity index (χ1n) is 18.7. The minimum Gasteiger partial charge on any atom is -0.493 e. The molecule has 2 aromatic carbocycles. The monoisotopic (exact) mass is 748 g/mol. The Morgan fingerprint density at radius 2 is 1.74 bits per heavy atom. The highest BCUT2D eigenvalue weighted by Crippen LogP contribution is 2.28. The van der Waals surface area contributed by atoms with Gasteiger partial charge in [-0.25, -0.2) is 0 Å². The van der Waals surface area contributed by atoms with Gasteiger partial charge in [-0.15, -0.1) is 0 Å². The Morgan fingerprint density at radius 3 is 2.43 bits per heavy atom. The van der Waals surface area contributed by atoms with E-state index in [0.29, 0.717) is 38.3 Å². The van der Waals surface area contributed by atoms with Gasteiger partial charge in [0, 0.05) is 25.9 Å². The van der Waals surface area contributed by atoms with Gasteiger partial charge >= 0.3 is 0 Å². The second-order valence-electron chi connectivity index (χ2n) is 15.3. The number of ether oxygens (including phenoxy) is 2. The quantitative estimate of drug-likeness (QED) is 0.237. The summed E-state index contributed by atoms with van der Waals surface area (Å²) in [6, 6.07) is 13.1. The molecule has 2 aliphatic rings. The van der Waals surface area contributed by atoms with Gasteiger partial charge in [0.15, 0.2) is 0 Å². The zero-order valence-electron chi connectivity index (χ0n) is 32.3. The summed E-state index contributed by atoms with van der Waals surface area (Å²) in [5.41, 5.74) is 0.899. The molecule has 0 unspecified atom stereocenters. The molecule has 0 aliphatic carbocycles. The molecule has 1 saturated heterocycles. The van der Waals surface area contributed by atoms with E-state index in [1.54, 1.807) is 6.07 Å². The van der Waals surface area contributed by atoms with Crippen molar-refractivity contribution in [3.63, 3.8) is 0 Å². The Labute approximate surface area is 318 Å². The summed E-state index contributed by atoms with van der Waals surface area (Å²) < 4.78 is 12.0. The Kier molecular flexibility index (Phi) is 15.1. The van der Waals surface area contributed by atoms with Crippen LogP contribution >= 0.6 is 0 Å². The SMILES string of the molecule is CCC[C@H](NC(=O)[C@@H]1C[C@@H]2CN1C(=O)[C@H](C(C)(C)C)NC(=O)Cc1cccc(c1)OCCCO2)C(=O)C(=O)NCC(=O)N[C@H](CN(C)C)c1ccccc1. The van der Waals surface area contributed by atoms with Crippen LogP contribution in [0.25, 0.3) is 0 Å². The number of carbonyl (C=O) groups is 6. The molecule has 14 heteroatoms. The van der Waals surface area contributed by atoms with Crippen LogP contribution in [-0.4, -0.2) is 116 Å². The lowest BCUT2D eigenvalue weighted by atomic mass is 9.85. The number of rotatable bonds is 12. The van der Waals surface area contributed by atoms with E-state index < -0.39 is 65.6 Å². The van der Waals surface area contributed by atoms with Crippen molar-refractivity contribution in [1.29, 1.82) is 0 Å². The minimum absolute atomic E-state index is 0.0287. The average molecular weight is 749 g/mol. The van der Waals surface area contributed by atoms with E-state index in [1.165, 1.54) is 4.90 Å². The van der Waals surface area contributed by atoms with Crippen LogP contribution in [0.5, 0.6) is 5.75 Å². The van der Waals surface area contributed by atoms with Gasteiger partial charge in [-0.05, 0) is 49.2 Å². The summed E-state index contributed by atoms with van der Waals surface area (Å²) in [7, 11) is 3.77. The lowest BCUT2D eigenvalue weighted by Crippen LogP contribution is -2.59. The number of benzene rings is 2. The number of hydrogen-bond acceptors (Lipinski definition) is 9. The second-order valence-corrected chi connectivity index (χ2v) is 15.3. The van der Waals surface area contributed by atoms with Crippen molar-refractivity contribution >= 4 is 35.3 Å². The molecule has 2 aliphatic heterocycles. The Morgan fingerprint density at radius 1 is 1.00 bits per heavy atom. The molecule has 0 radical (unpaired) electrons. The number of amides is 5. The van der Waals surface area contributed by atoms with Crippen LogP contribution in [0.3, 0.4) is 0 Å². The zero-order chi connectivity index (χ0) is 39.4. The van der Waals surface area contributed by atoms with Gasteiger partial charge in [-0.3, -0.25) is 28.8 Å². The minimum atomic E-state index is -1.19. The molecule has 0 saturated carbocycles. The van der Waals surface area contributed by atoms with Crippen LogP contribution in [0, 0.1) is 5.41 Å². The van der Waals surface area contributed by atoms with Crippen molar-refractivity contribution in [3.05, 3.63) is 65.7 Å². The molecule has 54 heavy (non-hydrogen) atoms. The lowest BCUT2D eigenvalue weighted by molar-refractivity contribution is -0.145. The number of nitrogens with zero attached hydrogens (tertiary/aromatic N) is 2. The maximum absolute atomic E-state index is 14.3. The third kappa shape index (κ3) is 12.1. The summed E-state index contributed by atoms with van der Waals surface area (Å²) in [4.78, 5) is 84.3. The molecule has 5 atom stereocenters. The van der Waals surface area contributed by atoms with Gasteiger partial charge in [-0.1, -0.05) is 76.6 Å². The summed E-state index contributed by atoms with van der Waals surface area (Å²) in [6.45, 7) is 8.19. The van der Waals surface area contributed by atoms with Crippen LogP contribution in [-0.2, 0) is 39.9 Å². The highest BCUT2D eigenvalue weighted by Gasteiger charge is 2.46. The normalized spacial score (nSPS) is 20.6. The first-order chi connectivity index (χ1) is 25.7. The number of fused-ring (bicyclic) bond motifs is 4. The molecular formula is C40H56N6O8. The van der Waals surface area contributed by atoms with Gasteiger partial charge in [0.2, 0.25) is 29.4 Å². The number of likely N-dealkylation sites (N-methyl/N-ethyl adjacent to an activating group) is 1. The molecule has 294 valence electrons. The van der Waals surface area contributed by atoms with Crippen LogP contribution in [0.15, 0.2) is 54.6 Å². The molecule has 2 heterocycles. The fourth-order valence-corrected chi connectivity index (χ4v) is 6.63. The van der Waals surface area contributed by atoms with Crippen LogP contribution in [0.4, 0.5) is 0 Å². The number of carbonyl (C=O) groups excluding carboxylic acids is 6. The molecule has 2 aromatic rings. The molecule has 4 N–H and O–H groups in total. The van der Waals surface area contributed by atoms with E-state index in [-0.39, 0.29) is 37.8 Å². The summed E-state index contributed by atoms with van der Waals surface area (Å²) in [5, 5.41) is 10.9. The van der Waals surface area contributed by atoms with Gasteiger partial charge in [0.1, 0.15) is 17.8 Å². The van der Waals surface area contributed by atoms with Crippen molar-refractivity contribution in [1.82, 2.24) is 31.1 Å². The number of Topliss-reactive ketones (excluding diaryl/α,β-unsaturated/α-hetero) is 1. The van der Waals surface area contributed by atoms with Gasteiger partial charge in [0.25, 0.3) is 5.91 Å². The third-order valence-corrected chi connectivity index (χ3v) is 9.37. The van der Waals surface area contributed by atoms with Crippen molar-refractivity contribution < 1.29 is 38.2 Å². The highest BCUT2D eigenvalue weighted by molar-refractivity contribution is 6.38. The Hall–Kier alpha value is -4.82. The highest BCUT2D eigenvalue weighted by atomic mass is 16.5. The molecule has 4 rings (SSSR count). The van der Waals surface area contributed by atoms with Crippen molar-refractivity contribution in [2.24, 2.45) is 5.41 Å². The summed E-state index contributed by atoms with van der Waals surface area (Å²) >= 11 is 0. The Balaban J connectivity index is 1.46. The van der Waals surface area contributed by atoms with E-state index in [0.717, 1.165) is 11.1 Å². The summed E-state index contributed by atoms with van der Waals surface area (Å²) in [6.07, 6.45) is 0.867. The fraction of sp³-hybridized carbons (Fsp3) is 0.550. The predicted octanol–water partition coefficient (Wildman–Crippen LogP) is 1.92. The Bertz CT molecular complexity index is 1630. The van der Waals surface area contributed by atoms with Gasteiger partial charge in [0.05, 0.1) is 44.4 Å². The lowest BCUT2D eigenvalue weighted by Gasteiger charge is -2.35. The third-order valence-electron chi connectivity index (χ3n) is 9.37. The van der Waals surface area contributed by atoms with Gasteiger partial charge in [-0.2, -0.15) is 0 Å². The van der Waals surface area contributed by atoms with E-state index in [9.17, 15) is 28.8 Å². The number of nitrogens with one attached hydrogen (secondary N) is 4. The molecule has 4 bridgehead atoms.